The van der Waals surface area contributed by atoms with Gasteiger partial charge in [0.15, 0.2) is 5.65 Å². The third-order valence-electron chi connectivity index (χ3n) is 4.31. The van der Waals surface area contributed by atoms with Gasteiger partial charge in [-0.25, -0.2) is 9.67 Å². The van der Waals surface area contributed by atoms with E-state index < -0.39 is 11.9 Å². The number of nitrogens with one attached hydrogen (secondary N) is 1. The summed E-state index contributed by atoms with van der Waals surface area (Å²) in [6.07, 6.45) is 2.86. The highest BCUT2D eigenvalue weighted by molar-refractivity contribution is 5.98. The summed E-state index contributed by atoms with van der Waals surface area (Å²) in [4.78, 5) is 28.3. The van der Waals surface area contributed by atoms with Gasteiger partial charge < -0.3 is 19.5 Å². The monoisotopic (exact) mass is 412 g/mol. The van der Waals surface area contributed by atoms with E-state index in [4.69, 9.17) is 14.2 Å². The summed E-state index contributed by atoms with van der Waals surface area (Å²) in [7, 11) is 3.19. The zero-order valence-corrected chi connectivity index (χ0v) is 17.3. The van der Waals surface area contributed by atoms with Crippen LogP contribution in [-0.2, 0) is 16.1 Å². The second kappa shape index (κ2) is 9.25. The van der Waals surface area contributed by atoms with Crippen molar-refractivity contribution in [2.75, 3.05) is 20.8 Å². The molecule has 0 unspecified atom stereocenters. The van der Waals surface area contributed by atoms with Gasteiger partial charge in [-0.05, 0) is 32.0 Å². The lowest BCUT2D eigenvalue weighted by Gasteiger charge is -2.11. The van der Waals surface area contributed by atoms with E-state index in [1.165, 1.54) is 6.20 Å². The number of carbonyl (C=O) groups excluding carboxylic acids is 2. The molecule has 0 bridgehead atoms. The maximum absolute atomic E-state index is 12.3. The van der Waals surface area contributed by atoms with Gasteiger partial charge >= 0.3 is 5.97 Å². The predicted molar refractivity (Wildman–Crippen MR) is 110 cm³/mol. The molecule has 0 atom stereocenters. The number of benzene rings is 1. The normalized spacial score (nSPS) is 10.8. The molecule has 2 aromatic heterocycles. The maximum atomic E-state index is 12.3. The Morgan fingerprint density at radius 3 is 2.63 bits per heavy atom. The van der Waals surface area contributed by atoms with Crippen molar-refractivity contribution >= 4 is 22.9 Å². The van der Waals surface area contributed by atoms with Gasteiger partial charge in [0.05, 0.1) is 38.6 Å². The molecule has 1 aromatic carbocycles. The van der Waals surface area contributed by atoms with Crippen molar-refractivity contribution in [3.8, 4) is 11.5 Å². The summed E-state index contributed by atoms with van der Waals surface area (Å²) in [5.74, 6) is 0.484. The molecule has 3 rings (SSSR count). The number of methoxy groups -OCH3 is 2. The van der Waals surface area contributed by atoms with Crippen LogP contribution in [0.25, 0.3) is 11.0 Å². The molecule has 0 saturated heterocycles. The van der Waals surface area contributed by atoms with Gasteiger partial charge in [-0.15, -0.1) is 0 Å². The molecule has 3 aromatic rings. The predicted octanol–water partition coefficient (Wildman–Crippen LogP) is 2.18. The van der Waals surface area contributed by atoms with E-state index in [9.17, 15) is 9.59 Å². The number of amides is 1. The minimum absolute atomic E-state index is 0.203. The first-order valence-electron chi connectivity index (χ1n) is 9.41. The molecule has 0 spiro atoms. The fraction of sp³-hybridized carbons (Fsp3) is 0.333. The van der Waals surface area contributed by atoms with E-state index >= 15 is 0 Å². The summed E-state index contributed by atoms with van der Waals surface area (Å²) < 4.78 is 17.4. The molecule has 0 aliphatic carbocycles. The Labute approximate surface area is 173 Å². The second-order valence-electron chi connectivity index (χ2n) is 6.84. The van der Waals surface area contributed by atoms with E-state index in [0.717, 1.165) is 5.56 Å². The Morgan fingerprint density at radius 1 is 1.13 bits per heavy atom. The fourth-order valence-corrected chi connectivity index (χ4v) is 2.91. The zero-order valence-electron chi connectivity index (χ0n) is 17.3. The molecular formula is C21H24N4O5. The van der Waals surface area contributed by atoms with Crippen molar-refractivity contribution in [1.82, 2.24) is 20.1 Å². The molecule has 158 valence electrons. The number of aromatic nitrogens is 3. The van der Waals surface area contributed by atoms with E-state index in [0.29, 0.717) is 34.6 Å². The van der Waals surface area contributed by atoms with Gasteiger partial charge in [0.1, 0.15) is 18.0 Å². The Hall–Kier alpha value is -3.62. The molecule has 0 aliphatic heterocycles. The lowest BCUT2D eigenvalue weighted by Crippen LogP contribution is -2.31. The summed E-state index contributed by atoms with van der Waals surface area (Å²) in [6.45, 7) is 3.73. The highest BCUT2D eigenvalue weighted by Gasteiger charge is 2.14. The average Bonchev–Trinajstić information content (AvgIpc) is 3.13. The zero-order chi connectivity index (χ0) is 21.7. The van der Waals surface area contributed by atoms with E-state index in [1.807, 2.05) is 12.1 Å². The number of fused-ring (bicyclic) bond motifs is 1. The number of esters is 1. The minimum atomic E-state index is -0.492. The molecule has 2 heterocycles. The van der Waals surface area contributed by atoms with Crippen molar-refractivity contribution < 1.29 is 23.8 Å². The van der Waals surface area contributed by atoms with Gasteiger partial charge in [-0.2, -0.15) is 5.10 Å². The van der Waals surface area contributed by atoms with Crippen LogP contribution in [0.1, 0.15) is 29.8 Å². The van der Waals surface area contributed by atoms with Crippen LogP contribution in [0.3, 0.4) is 0 Å². The van der Waals surface area contributed by atoms with Crippen LogP contribution in [0.2, 0.25) is 0 Å². The summed E-state index contributed by atoms with van der Waals surface area (Å²) in [6, 6.07) is 7.24. The summed E-state index contributed by atoms with van der Waals surface area (Å²) in [5.41, 5.74) is 1.88. The fourth-order valence-electron chi connectivity index (χ4n) is 2.91. The largest absolute Gasteiger partial charge is 0.497 e. The Bertz CT molecular complexity index is 1060. The van der Waals surface area contributed by atoms with Crippen LogP contribution in [-0.4, -0.2) is 53.5 Å². The van der Waals surface area contributed by atoms with Gasteiger partial charge in [-0.3, -0.25) is 9.59 Å². The first-order valence-corrected chi connectivity index (χ1v) is 9.41. The van der Waals surface area contributed by atoms with E-state index in [2.05, 4.69) is 15.4 Å². The number of pyridine rings is 1. The molecule has 9 nitrogen and oxygen atoms in total. The average molecular weight is 412 g/mol. The Morgan fingerprint density at radius 2 is 1.93 bits per heavy atom. The number of nitrogens with zero attached hydrogens (tertiary/aromatic N) is 3. The lowest BCUT2D eigenvalue weighted by molar-refractivity contribution is -0.146. The molecule has 9 heteroatoms. The minimum Gasteiger partial charge on any atom is -0.497 e. The summed E-state index contributed by atoms with van der Waals surface area (Å²) >= 11 is 0. The van der Waals surface area contributed by atoms with E-state index in [-0.39, 0.29) is 12.6 Å². The SMILES string of the molecule is COc1ccc(Cn2ncc3cc(C(=O)NCC(=O)OC(C)C)cnc32)c(OC)c1. The van der Waals surface area contributed by atoms with Crippen LogP contribution in [0.5, 0.6) is 11.5 Å². The van der Waals surface area contributed by atoms with Crippen molar-refractivity contribution in [2.24, 2.45) is 0 Å². The third kappa shape index (κ3) is 4.86. The highest BCUT2D eigenvalue weighted by atomic mass is 16.5. The van der Waals surface area contributed by atoms with E-state index in [1.54, 1.807) is 51.1 Å². The first kappa shape index (κ1) is 21.1. The number of rotatable bonds is 8. The second-order valence-corrected chi connectivity index (χ2v) is 6.84. The lowest BCUT2D eigenvalue weighted by atomic mass is 10.2. The number of hydrogen-bond donors (Lipinski definition) is 1. The topological polar surface area (TPSA) is 105 Å². The smallest absolute Gasteiger partial charge is 0.325 e. The van der Waals surface area contributed by atoms with Crippen LogP contribution >= 0.6 is 0 Å². The number of hydrogen-bond acceptors (Lipinski definition) is 7. The molecular weight excluding hydrogens is 388 g/mol. The molecule has 0 saturated carbocycles. The molecule has 30 heavy (non-hydrogen) atoms. The van der Waals surface area contributed by atoms with Gasteiger partial charge in [0, 0.05) is 23.2 Å². The van der Waals surface area contributed by atoms with Crippen molar-refractivity contribution in [3.63, 3.8) is 0 Å². The van der Waals surface area contributed by atoms with Crippen LogP contribution in [0.15, 0.2) is 36.7 Å². The molecule has 0 aliphatic rings. The standard InChI is InChI=1S/C21H24N4O5/c1-13(2)30-19(26)11-23-21(27)16-7-15-10-24-25(20(15)22-9-16)12-14-5-6-17(28-3)8-18(14)29-4/h5-10,13H,11-12H2,1-4H3,(H,23,27). The van der Waals surface area contributed by atoms with Crippen molar-refractivity contribution in [3.05, 3.63) is 47.8 Å². The number of ether oxygens (including phenoxy) is 3. The van der Waals surface area contributed by atoms with Gasteiger partial charge in [-0.1, -0.05) is 0 Å². The Balaban J connectivity index is 1.75. The first-order chi connectivity index (χ1) is 14.4. The molecule has 1 N–H and O–H groups in total. The third-order valence-corrected chi connectivity index (χ3v) is 4.31. The quantitative estimate of drug-likeness (QED) is 0.566. The maximum Gasteiger partial charge on any atom is 0.325 e. The van der Waals surface area contributed by atoms with Crippen LogP contribution in [0.4, 0.5) is 0 Å². The Kier molecular flexibility index (Phi) is 6.51. The molecule has 0 fully saturated rings. The van der Waals surface area contributed by atoms with Gasteiger partial charge in [0.2, 0.25) is 0 Å². The molecule has 0 radical (unpaired) electrons. The highest BCUT2D eigenvalue weighted by Crippen LogP contribution is 2.26. The van der Waals surface area contributed by atoms with Gasteiger partial charge in [0.25, 0.3) is 5.91 Å². The molecule has 1 amide bonds. The van der Waals surface area contributed by atoms with Crippen LogP contribution in [0, 0.1) is 0 Å². The van der Waals surface area contributed by atoms with Crippen molar-refractivity contribution in [2.45, 2.75) is 26.5 Å². The van der Waals surface area contributed by atoms with Crippen LogP contribution < -0.4 is 14.8 Å². The van der Waals surface area contributed by atoms with Crippen molar-refractivity contribution in [1.29, 1.82) is 0 Å². The summed E-state index contributed by atoms with van der Waals surface area (Å²) in [5, 5.41) is 7.62. The number of carbonyl (C=O) groups is 2.